The second-order valence-electron chi connectivity index (χ2n) is 4.97. The summed E-state index contributed by atoms with van der Waals surface area (Å²) in [4.78, 5) is 0. The lowest BCUT2D eigenvalue weighted by Gasteiger charge is -2.22. The van der Waals surface area contributed by atoms with E-state index < -0.39 is 0 Å². The maximum atomic E-state index is 5.15. The maximum absolute atomic E-state index is 5.15. The van der Waals surface area contributed by atoms with Crippen LogP contribution in [-0.4, -0.2) is 0 Å². The van der Waals surface area contributed by atoms with Crippen molar-refractivity contribution in [3.05, 3.63) is 48.4 Å². The first-order valence-electron chi connectivity index (χ1n) is 6.56. The third-order valence-corrected chi connectivity index (χ3v) is 3.82. The first-order chi connectivity index (χ1) is 8.43. The summed E-state index contributed by atoms with van der Waals surface area (Å²) in [5.74, 6) is 0.774. The Balaban J connectivity index is 1.88. The highest BCUT2D eigenvalue weighted by Crippen LogP contribution is 2.34. The van der Waals surface area contributed by atoms with E-state index in [1.807, 2.05) is 12.3 Å². The highest BCUT2D eigenvalue weighted by molar-refractivity contribution is 5.62. The lowest BCUT2D eigenvalue weighted by atomic mass is 9.83. The number of rotatable bonds is 2. The molecule has 1 fully saturated rings. The Hall–Kier alpha value is -1.50. The summed E-state index contributed by atoms with van der Waals surface area (Å²) in [6.45, 7) is 0. The van der Waals surface area contributed by atoms with Gasteiger partial charge in [0, 0.05) is 5.56 Å². The molecule has 0 unspecified atom stereocenters. The fraction of sp³-hybridized carbons (Fsp3) is 0.375. The predicted octanol–water partition coefficient (Wildman–Crippen LogP) is 4.99. The molecular weight excluding hydrogens is 208 g/mol. The molecular formula is C16H18O. The van der Waals surface area contributed by atoms with E-state index in [4.69, 9.17) is 4.42 Å². The van der Waals surface area contributed by atoms with Gasteiger partial charge in [0.25, 0.3) is 0 Å². The van der Waals surface area contributed by atoms with Gasteiger partial charge in [0.05, 0.1) is 12.5 Å². The van der Waals surface area contributed by atoms with E-state index in [0.717, 1.165) is 5.92 Å². The van der Waals surface area contributed by atoms with Crippen LogP contribution in [0.15, 0.2) is 47.3 Å². The smallest absolute Gasteiger partial charge is 0.0980 e. The van der Waals surface area contributed by atoms with Gasteiger partial charge in [0.1, 0.15) is 0 Å². The first-order valence-corrected chi connectivity index (χ1v) is 6.56. The summed E-state index contributed by atoms with van der Waals surface area (Å²) in [7, 11) is 0. The minimum atomic E-state index is 0.774. The van der Waals surface area contributed by atoms with Crippen molar-refractivity contribution >= 4 is 0 Å². The van der Waals surface area contributed by atoms with Crippen molar-refractivity contribution in [1.29, 1.82) is 0 Å². The Bertz CT molecular complexity index is 464. The average molecular weight is 226 g/mol. The number of benzene rings is 1. The minimum absolute atomic E-state index is 0.774. The molecule has 1 aliphatic carbocycles. The minimum Gasteiger partial charge on any atom is -0.472 e. The van der Waals surface area contributed by atoms with E-state index in [0.29, 0.717) is 0 Å². The van der Waals surface area contributed by atoms with Gasteiger partial charge in [-0.1, -0.05) is 43.5 Å². The Kier molecular flexibility index (Phi) is 3.00. The summed E-state index contributed by atoms with van der Waals surface area (Å²) in [5, 5.41) is 0. The number of hydrogen-bond donors (Lipinski definition) is 0. The van der Waals surface area contributed by atoms with Crippen molar-refractivity contribution in [3.8, 4) is 11.1 Å². The summed E-state index contributed by atoms with van der Waals surface area (Å²) in [6.07, 6.45) is 10.5. The molecule has 0 bridgehead atoms. The van der Waals surface area contributed by atoms with Crippen LogP contribution < -0.4 is 0 Å². The Morgan fingerprint density at radius 2 is 1.82 bits per heavy atom. The van der Waals surface area contributed by atoms with Gasteiger partial charge >= 0.3 is 0 Å². The van der Waals surface area contributed by atoms with Gasteiger partial charge < -0.3 is 4.42 Å². The Morgan fingerprint density at radius 3 is 2.59 bits per heavy atom. The molecule has 1 heterocycles. The quantitative estimate of drug-likeness (QED) is 0.702. The maximum Gasteiger partial charge on any atom is 0.0980 e. The van der Waals surface area contributed by atoms with E-state index in [2.05, 4.69) is 24.3 Å². The number of furan rings is 1. The van der Waals surface area contributed by atoms with Crippen LogP contribution in [0.1, 0.15) is 43.6 Å². The molecule has 1 aliphatic rings. The zero-order valence-electron chi connectivity index (χ0n) is 10.1. The fourth-order valence-corrected chi connectivity index (χ4v) is 2.84. The topological polar surface area (TPSA) is 13.1 Å². The zero-order chi connectivity index (χ0) is 11.5. The Labute approximate surface area is 102 Å². The molecule has 1 aromatic heterocycles. The molecule has 0 radical (unpaired) electrons. The molecule has 0 amide bonds. The third-order valence-electron chi connectivity index (χ3n) is 3.82. The monoisotopic (exact) mass is 226 g/mol. The first kappa shape index (κ1) is 10.6. The van der Waals surface area contributed by atoms with Crippen LogP contribution in [0.3, 0.4) is 0 Å². The molecule has 3 rings (SSSR count). The van der Waals surface area contributed by atoms with Crippen molar-refractivity contribution < 1.29 is 4.42 Å². The lowest BCUT2D eigenvalue weighted by Crippen LogP contribution is -2.04. The van der Waals surface area contributed by atoms with Gasteiger partial charge in [-0.2, -0.15) is 0 Å². The highest BCUT2D eigenvalue weighted by atomic mass is 16.3. The highest BCUT2D eigenvalue weighted by Gasteiger charge is 2.15. The van der Waals surface area contributed by atoms with Crippen LogP contribution in [-0.2, 0) is 0 Å². The molecule has 0 atom stereocenters. The third kappa shape index (κ3) is 2.28. The zero-order valence-corrected chi connectivity index (χ0v) is 10.1. The lowest BCUT2D eigenvalue weighted by molar-refractivity contribution is 0.443. The van der Waals surface area contributed by atoms with Gasteiger partial charge in [0.15, 0.2) is 0 Å². The molecule has 0 saturated heterocycles. The molecule has 0 spiro atoms. The molecule has 1 aromatic carbocycles. The van der Waals surface area contributed by atoms with Crippen molar-refractivity contribution in [2.45, 2.75) is 38.0 Å². The molecule has 0 N–H and O–H groups in total. The standard InChI is InChI=1S/C16H18O/c1-2-5-13(6-3-1)14-7-4-8-15(11-14)16-9-10-17-12-16/h4,7-13H,1-3,5-6H2. The molecule has 1 nitrogen and oxygen atoms in total. The van der Waals surface area contributed by atoms with Gasteiger partial charge in [-0.15, -0.1) is 0 Å². The van der Waals surface area contributed by atoms with Crippen molar-refractivity contribution in [2.24, 2.45) is 0 Å². The van der Waals surface area contributed by atoms with Crippen LogP contribution in [0, 0.1) is 0 Å². The van der Waals surface area contributed by atoms with E-state index >= 15 is 0 Å². The molecule has 1 heteroatoms. The Morgan fingerprint density at radius 1 is 0.941 bits per heavy atom. The van der Waals surface area contributed by atoms with Gasteiger partial charge in [-0.05, 0) is 36.0 Å². The van der Waals surface area contributed by atoms with E-state index in [-0.39, 0.29) is 0 Å². The van der Waals surface area contributed by atoms with Crippen LogP contribution in [0.4, 0.5) is 0 Å². The van der Waals surface area contributed by atoms with Crippen molar-refractivity contribution in [3.63, 3.8) is 0 Å². The van der Waals surface area contributed by atoms with Crippen LogP contribution in [0.5, 0.6) is 0 Å². The summed E-state index contributed by atoms with van der Waals surface area (Å²) in [5.41, 5.74) is 3.97. The molecule has 17 heavy (non-hydrogen) atoms. The van der Waals surface area contributed by atoms with Gasteiger partial charge in [0.2, 0.25) is 0 Å². The summed E-state index contributed by atoms with van der Waals surface area (Å²) in [6, 6.07) is 11.0. The average Bonchev–Trinajstić information content (AvgIpc) is 2.94. The SMILES string of the molecule is c1cc(-c2ccoc2)cc(C2CCCCC2)c1. The van der Waals surface area contributed by atoms with Gasteiger partial charge in [-0.25, -0.2) is 0 Å². The second-order valence-corrected chi connectivity index (χ2v) is 4.97. The van der Waals surface area contributed by atoms with Crippen LogP contribution >= 0.6 is 0 Å². The van der Waals surface area contributed by atoms with Gasteiger partial charge in [-0.3, -0.25) is 0 Å². The van der Waals surface area contributed by atoms with Crippen LogP contribution in [0.2, 0.25) is 0 Å². The number of hydrogen-bond acceptors (Lipinski definition) is 1. The molecule has 88 valence electrons. The normalized spacial score (nSPS) is 17.2. The van der Waals surface area contributed by atoms with Crippen molar-refractivity contribution in [1.82, 2.24) is 0 Å². The largest absolute Gasteiger partial charge is 0.472 e. The predicted molar refractivity (Wildman–Crippen MR) is 70.0 cm³/mol. The van der Waals surface area contributed by atoms with Crippen LogP contribution in [0.25, 0.3) is 11.1 Å². The van der Waals surface area contributed by atoms with E-state index in [1.165, 1.54) is 48.8 Å². The molecule has 2 aromatic rings. The van der Waals surface area contributed by atoms with Crippen molar-refractivity contribution in [2.75, 3.05) is 0 Å². The van der Waals surface area contributed by atoms with E-state index in [1.54, 1.807) is 6.26 Å². The fourth-order valence-electron chi connectivity index (χ4n) is 2.84. The summed E-state index contributed by atoms with van der Waals surface area (Å²) >= 11 is 0. The second kappa shape index (κ2) is 4.79. The molecule has 0 aliphatic heterocycles. The van der Waals surface area contributed by atoms with E-state index in [9.17, 15) is 0 Å². The summed E-state index contributed by atoms with van der Waals surface area (Å²) < 4.78 is 5.15. The molecule has 1 saturated carbocycles.